The summed E-state index contributed by atoms with van der Waals surface area (Å²) in [5.41, 5.74) is 3.56. The number of para-hydroxylation sites is 1. The van der Waals surface area contributed by atoms with E-state index in [9.17, 15) is 14.0 Å². The lowest BCUT2D eigenvalue weighted by molar-refractivity contribution is -0.115. The molecule has 32 heavy (non-hydrogen) atoms. The van der Waals surface area contributed by atoms with Gasteiger partial charge in [-0.3, -0.25) is 9.59 Å². The molecule has 2 amide bonds. The van der Waals surface area contributed by atoms with Crippen molar-refractivity contribution in [3.63, 3.8) is 0 Å². The number of hydrogen-bond acceptors (Lipinski definition) is 3. The number of hydrogen-bond donors (Lipinski definition) is 2. The smallest absolute Gasteiger partial charge is 0.258 e. The summed E-state index contributed by atoms with van der Waals surface area (Å²) in [7, 11) is 0. The maximum absolute atomic E-state index is 13.9. The molecule has 3 aromatic rings. The first-order valence-electron chi connectivity index (χ1n) is 10.6. The highest BCUT2D eigenvalue weighted by Crippen LogP contribution is 2.30. The minimum Gasteiger partial charge on any atom is -0.325 e. The lowest BCUT2D eigenvalue weighted by Crippen LogP contribution is -2.25. The molecule has 166 valence electrons. The van der Waals surface area contributed by atoms with Crippen molar-refractivity contribution in [2.75, 3.05) is 10.6 Å². The maximum atomic E-state index is 13.9. The van der Waals surface area contributed by atoms with Crippen molar-refractivity contribution in [1.29, 1.82) is 0 Å². The SMILES string of the molecule is CCc1cccc(C)c1NC(=O)C(CC)Sc1cccc(NC(=O)c2ccccc2F)c1. The van der Waals surface area contributed by atoms with E-state index in [-0.39, 0.29) is 16.7 Å². The molecule has 0 saturated heterocycles. The zero-order chi connectivity index (χ0) is 23.1. The average Bonchev–Trinajstić information content (AvgIpc) is 2.79. The number of nitrogens with one attached hydrogen (secondary N) is 2. The number of thioether (sulfide) groups is 1. The van der Waals surface area contributed by atoms with Crippen molar-refractivity contribution in [1.82, 2.24) is 0 Å². The predicted molar refractivity (Wildman–Crippen MR) is 130 cm³/mol. The zero-order valence-corrected chi connectivity index (χ0v) is 19.3. The number of carbonyl (C=O) groups excluding carboxylic acids is 2. The molecule has 0 fully saturated rings. The number of anilines is 2. The quantitative estimate of drug-likeness (QED) is 0.387. The Morgan fingerprint density at radius 2 is 1.72 bits per heavy atom. The standard InChI is InChI=1S/C26H27FN2O2S/c1-4-18-11-8-10-17(3)24(18)29-26(31)23(5-2)32-20-13-9-12-19(16-20)28-25(30)21-14-6-7-15-22(21)27/h6-16,23H,4-5H2,1-3H3,(H,28,30)(H,29,31). The first-order chi connectivity index (χ1) is 15.4. The summed E-state index contributed by atoms with van der Waals surface area (Å²) >= 11 is 1.44. The van der Waals surface area contributed by atoms with Crippen molar-refractivity contribution < 1.29 is 14.0 Å². The van der Waals surface area contributed by atoms with Crippen molar-refractivity contribution in [3.8, 4) is 0 Å². The van der Waals surface area contributed by atoms with Crippen molar-refractivity contribution >= 4 is 35.0 Å². The second-order valence-corrected chi connectivity index (χ2v) is 8.70. The van der Waals surface area contributed by atoms with Crippen LogP contribution in [0.5, 0.6) is 0 Å². The zero-order valence-electron chi connectivity index (χ0n) is 18.4. The molecular formula is C26H27FN2O2S. The molecule has 0 bridgehead atoms. The van der Waals surface area contributed by atoms with Crippen molar-refractivity contribution in [2.24, 2.45) is 0 Å². The second-order valence-electron chi connectivity index (χ2n) is 7.43. The summed E-state index contributed by atoms with van der Waals surface area (Å²) in [6, 6.07) is 19.1. The van der Waals surface area contributed by atoms with Gasteiger partial charge in [-0.25, -0.2) is 4.39 Å². The monoisotopic (exact) mass is 450 g/mol. The molecule has 2 N–H and O–H groups in total. The van der Waals surface area contributed by atoms with Crippen LogP contribution in [0.25, 0.3) is 0 Å². The first kappa shape index (κ1) is 23.5. The Morgan fingerprint density at radius 1 is 0.969 bits per heavy atom. The number of halogens is 1. The van der Waals surface area contributed by atoms with Gasteiger partial charge >= 0.3 is 0 Å². The van der Waals surface area contributed by atoms with Crippen LogP contribution in [-0.2, 0) is 11.2 Å². The number of rotatable bonds is 8. The van der Waals surface area contributed by atoms with Gasteiger partial charge in [0.1, 0.15) is 5.82 Å². The Hall–Kier alpha value is -3.12. The molecule has 0 saturated carbocycles. The Bertz CT molecular complexity index is 1120. The molecule has 0 aliphatic carbocycles. The van der Waals surface area contributed by atoms with Crippen LogP contribution in [0.15, 0.2) is 71.6 Å². The summed E-state index contributed by atoms with van der Waals surface area (Å²) in [6.07, 6.45) is 1.49. The molecule has 0 heterocycles. The van der Waals surface area contributed by atoms with Gasteiger partial charge in [0.05, 0.1) is 10.8 Å². The van der Waals surface area contributed by atoms with E-state index in [1.807, 2.05) is 38.1 Å². The number of amides is 2. The minimum absolute atomic E-state index is 0.0127. The van der Waals surface area contributed by atoms with Crippen LogP contribution in [0.2, 0.25) is 0 Å². The van der Waals surface area contributed by atoms with Crippen LogP contribution in [-0.4, -0.2) is 17.1 Å². The third-order valence-electron chi connectivity index (χ3n) is 5.14. The van der Waals surface area contributed by atoms with E-state index in [0.29, 0.717) is 12.1 Å². The van der Waals surface area contributed by atoms with Gasteiger partial charge in [0.15, 0.2) is 0 Å². The fourth-order valence-electron chi connectivity index (χ4n) is 3.38. The van der Waals surface area contributed by atoms with Gasteiger partial charge in [-0.15, -0.1) is 11.8 Å². The Balaban J connectivity index is 1.71. The molecule has 0 radical (unpaired) electrons. The van der Waals surface area contributed by atoms with Gasteiger partial charge in [-0.1, -0.05) is 50.2 Å². The van der Waals surface area contributed by atoms with Gasteiger partial charge in [0, 0.05) is 16.3 Å². The van der Waals surface area contributed by atoms with E-state index >= 15 is 0 Å². The third-order valence-corrected chi connectivity index (χ3v) is 6.50. The normalized spacial score (nSPS) is 11.6. The van der Waals surface area contributed by atoms with E-state index in [2.05, 4.69) is 17.6 Å². The highest BCUT2D eigenvalue weighted by atomic mass is 32.2. The maximum Gasteiger partial charge on any atom is 0.258 e. The van der Waals surface area contributed by atoms with Crippen molar-refractivity contribution in [2.45, 2.75) is 43.8 Å². The van der Waals surface area contributed by atoms with Crippen LogP contribution in [0.3, 0.4) is 0 Å². The van der Waals surface area contributed by atoms with Crippen LogP contribution in [0.1, 0.15) is 41.8 Å². The molecule has 3 aromatic carbocycles. The van der Waals surface area contributed by atoms with E-state index in [1.165, 1.54) is 23.9 Å². The van der Waals surface area contributed by atoms with Gasteiger partial charge in [-0.05, 0) is 61.2 Å². The fourth-order valence-corrected chi connectivity index (χ4v) is 4.40. The predicted octanol–water partition coefficient (Wildman–Crippen LogP) is 6.46. The molecular weight excluding hydrogens is 423 g/mol. The second kappa shape index (κ2) is 11.0. The highest BCUT2D eigenvalue weighted by Gasteiger charge is 2.20. The van der Waals surface area contributed by atoms with Crippen LogP contribution < -0.4 is 10.6 Å². The lowest BCUT2D eigenvalue weighted by Gasteiger charge is -2.18. The van der Waals surface area contributed by atoms with E-state index in [0.717, 1.165) is 28.1 Å². The molecule has 0 spiro atoms. The Kier molecular flexibility index (Phi) is 8.06. The van der Waals surface area contributed by atoms with Gasteiger partial charge < -0.3 is 10.6 Å². The summed E-state index contributed by atoms with van der Waals surface area (Å²) in [5, 5.41) is 5.54. The van der Waals surface area contributed by atoms with Crippen LogP contribution in [0, 0.1) is 12.7 Å². The topological polar surface area (TPSA) is 58.2 Å². The van der Waals surface area contributed by atoms with E-state index in [1.54, 1.807) is 30.3 Å². The largest absolute Gasteiger partial charge is 0.325 e. The minimum atomic E-state index is -0.569. The highest BCUT2D eigenvalue weighted by molar-refractivity contribution is 8.00. The van der Waals surface area contributed by atoms with Gasteiger partial charge in [0.2, 0.25) is 5.91 Å². The molecule has 0 aliphatic rings. The molecule has 3 rings (SSSR count). The van der Waals surface area contributed by atoms with Gasteiger partial charge in [-0.2, -0.15) is 0 Å². The Labute approximate surface area is 192 Å². The fraction of sp³-hybridized carbons (Fsp3) is 0.231. The van der Waals surface area contributed by atoms with Crippen LogP contribution in [0.4, 0.5) is 15.8 Å². The molecule has 0 aromatic heterocycles. The summed E-state index contributed by atoms with van der Waals surface area (Å²) in [5.74, 6) is -1.13. The van der Waals surface area contributed by atoms with E-state index < -0.39 is 11.7 Å². The number of aryl methyl sites for hydroxylation is 2. The lowest BCUT2D eigenvalue weighted by atomic mass is 10.1. The molecule has 0 aliphatic heterocycles. The average molecular weight is 451 g/mol. The summed E-state index contributed by atoms with van der Waals surface area (Å²) < 4.78 is 13.9. The number of benzene rings is 3. The first-order valence-corrected chi connectivity index (χ1v) is 11.5. The van der Waals surface area contributed by atoms with E-state index in [4.69, 9.17) is 0 Å². The summed E-state index contributed by atoms with van der Waals surface area (Å²) in [4.78, 5) is 26.3. The molecule has 6 heteroatoms. The molecule has 4 nitrogen and oxygen atoms in total. The molecule has 1 unspecified atom stereocenters. The third kappa shape index (κ3) is 5.77. The van der Waals surface area contributed by atoms with Gasteiger partial charge in [0.25, 0.3) is 5.91 Å². The Morgan fingerprint density at radius 3 is 2.44 bits per heavy atom. The molecule has 1 atom stereocenters. The van der Waals surface area contributed by atoms with Crippen molar-refractivity contribution in [3.05, 3.63) is 89.2 Å². The summed E-state index contributed by atoms with van der Waals surface area (Å²) in [6.45, 7) is 6.03. The number of carbonyl (C=O) groups is 2. The van der Waals surface area contributed by atoms with Crippen LogP contribution >= 0.6 is 11.8 Å².